The van der Waals surface area contributed by atoms with E-state index >= 15 is 0 Å². The first-order chi connectivity index (χ1) is 15.2. The van der Waals surface area contributed by atoms with E-state index in [1.54, 1.807) is 19.1 Å². The third kappa shape index (κ3) is 4.32. The fraction of sp³-hybridized carbons (Fsp3) is 0.348. The van der Waals surface area contributed by atoms with Gasteiger partial charge in [-0.15, -0.1) is 0 Å². The van der Waals surface area contributed by atoms with Gasteiger partial charge in [0.2, 0.25) is 5.91 Å². The minimum atomic E-state index is -4.30. The van der Waals surface area contributed by atoms with E-state index in [-0.39, 0.29) is 37.5 Å². The molecule has 2 aromatic rings. The van der Waals surface area contributed by atoms with E-state index in [1.807, 2.05) is 30.3 Å². The summed E-state index contributed by atoms with van der Waals surface area (Å²) in [6, 6.07) is 12.5. The van der Waals surface area contributed by atoms with Gasteiger partial charge >= 0.3 is 12.2 Å². The summed E-state index contributed by atoms with van der Waals surface area (Å²) in [5, 5.41) is 0. The zero-order valence-electron chi connectivity index (χ0n) is 17.5. The van der Waals surface area contributed by atoms with E-state index in [2.05, 4.69) is 0 Å². The summed E-state index contributed by atoms with van der Waals surface area (Å²) in [6.07, 6.45) is -5.33. The van der Waals surface area contributed by atoms with Crippen LogP contribution < -0.4 is 0 Å². The highest BCUT2D eigenvalue weighted by Crippen LogP contribution is 2.30. The van der Waals surface area contributed by atoms with Gasteiger partial charge in [-0.3, -0.25) is 14.5 Å². The van der Waals surface area contributed by atoms with Gasteiger partial charge in [-0.05, 0) is 41.3 Å². The van der Waals surface area contributed by atoms with Crippen LogP contribution in [0.5, 0.6) is 0 Å². The molecule has 2 heterocycles. The molecule has 0 unspecified atom stereocenters. The number of hydrogen-bond acceptors (Lipinski definition) is 3. The van der Waals surface area contributed by atoms with Crippen molar-refractivity contribution in [3.05, 3.63) is 59.2 Å². The van der Waals surface area contributed by atoms with Crippen molar-refractivity contribution >= 4 is 17.8 Å². The highest BCUT2D eigenvalue weighted by molar-refractivity contribution is 6.02. The molecular formula is C23H22F3N3O3. The first-order valence-corrected chi connectivity index (χ1v) is 10.3. The first kappa shape index (κ1) is 21.9. The number of hydrogen-bond donors (Lipinski definition) is 0. The molecule has 0 bridgehead atoms. The molecule has 0 spiro atoms. The standard InChI is InChI=1S/C23H22F3N3O3/c1-2-29-20(30)14-28(22(29)32)12-15-3-5-16(6-4-15)17-7-8-19-18(11-17)13-27(21(19)31)10-9-23(24,25)26/h3-8,11H,2,9-10,12-14H2,1H3. The van der Waals surface area contributed by atoms with Gasteiger partial charge in [0.1, 0.15) is 6.54 Å². The van der Waals surface area contributed by atoms with E-state index in [4.69, 9.17) is 0 Å². The Morgan fingerprint density at radius 2 is 1.59 bits per heavy atom. The largest absolute Gasteiger partial charge is 0.390 e. The fourth-order valence-corrected chi connectivity index (χ4v) is 4.05. The summed E-state index contributed by atoms with van der Waals surface area (Å²) in [4.78, 5) is 40.4. The molecule has 9 heteroatoms. The van der Waals surface area contributed by atoms with E-state index in [0.717, 1.165) is 16.7 Å². The van der Waals surface area contributed by atoms with Crippen LogP contribution in [0.3, 0.4) is 0 Å². The molecule has 1 fully saturated rings. The van der Waals surface area contributed by atoms with Gasteiger partial charge < -0.3 is 9.80 Å². The SMILES string of the molecule is CCN1C(=O)CN(Cc2ccc(-c3ccc4c(c3)CN(CCC(F)(F)F)C4=O)cc2)C1=O. The molecule has 0 radical (unpaired) electrons. The second-order valence-corrected chi connectivity index (χ2v) is 7.94. The number of benzene rings is 2. The number of imide groups is 1. The normalized spacial score (nSPS) is 16.4. The van der Waals surface area contributed by atoms with E-state index in [1.165, 1.54) is 14.7 Å². The number of urea groups is 1. The van der Waals surface area contributed by atoms with Crippen molar-refractivity contribution in [1.82, 2.24) is 14.7 Å². The van der Waals surface area contributed by atoms with Crippen LogP contribution in [0.25, 0.3) is 11.1 Å². The van der Waals surface area contributed by atoms with Crippen LogP contribution in [0, 0.1) is 0 Å². The van der Waals surface area contributed by atoms with Crippen LogP contribution >= 0.6 is 0 Å². The minimum Gasteiger partial charge on any atom is -0.334 e. The summed E-state index contributed by atoms with van der Waals surface area (Å²) in [7, 11) is 0. The van der Waals surface area contributed by atoms with Gasteiger partial charge in [-0.25, -0.2) is 4.79 Å². The second-order valence-electron chi connectivity index (χ2n) is 7.94. The smallest absolute Gasteiger partial charge is 0.334 e. The lowest BCUT2D eigenvalue weighted by molar-refractivity contribution is -0.136. The quantitative estimate of drug-likeness (QED) is 0.631. The molecule has 0 atom stereocenters. The van der Waals surface area contributed by atoms with Gasteiger partial charge in [0, 0.05) is 31.7 Å². The number of carbonyl (C=O) groups is 3. The molecule has 32 heavy (non-hydrogen) atoms. The van der Waals surface area contributed by atoms with Gasteiger partial charge in [0.15, 0.2) is 0 Å². The number of rotatable bonds is 6. The van der Waals surface area contributed by atoms with E-state index < -0.39 is 12.6 Å². The Balaban J connectivity index is 1.44. The minimum absolute atomic E-state index is 0.0676. The molecule has 1 saturated heterocycles. The maximum absolute atomic E-state index is 12.5. The van der Waals surface area contributed by atoms with Crippen molar-refractivity contribution < 1.29 is 27.6 Å². The number of alkyl halides is 3. The Morgan fingerprint density at radius 3 is 2.22 bits per heavy atom. The predicted molar refractivity (Wildman–Crippen MR) is 110 cm³/mol. The number of likely N-dealkylation sites (N-methyl/N-ethyl adjacent to an activating group) is 1. The number of amides is 4. The zero-order chi connectivity index (χ0) is 23.0. The van der Waals surface area contributed by atoms with Gasteiger partial charge in [0.25, 0.3) is 5.91 Å². The first-order valence-electron chi connectivity index (χ1n) is 10.3. The lowest BCUT2D eigenvalue weighted by Crippen LogP contribution is -2.32. The number of carbonyl (C=O) groups excluding carboxylic acids is 3. The van der Waals surface area contributed by atoms with Crippen molar-refractivity contribution in [1.29, 1.82) is 0 Å². The summed E-state index contributed by atoms with van der Waals surface area (Å²) in [6.45, 7) is 2.31. The number of nitrogens with zero attached hydrogens (tertiary/aromatic N) is 3. The molecule has 4 rings (SSSR count). The highest BCUT2D eigenvalue weighted by Gasteiger charge is 2.35. The highest BCUT2D eigenvalue weighted by atomic mass is 19.4. The number of fused-ring (bicyclic) bond motifs is 1. The van der Waals surface area contributed by atoms with Gasteiger partial charge in [0.05, 0.1) is 6.42 Å². The molecule has 6 nitrogen and oxygen atoms in total. The van der Waals surface area contributed by atoms with Crippen molar-refractivity contribution in [2.75, 3.05) is 19.6 Å². The molecule has 0 aromatic heterocycles. The molecular weight excluding hydrogens is 423 g/mol. The monoisotopic (exact) mass is 445 g/mol. The maximum atomic E-state index is 12.5. The Hall–Kier alpha value is -3.36. The molecule has 2 aliphatic heterocycles. The maximum Gasteiger partial charge on any atom is 0.390 e. The summed E-state index contributed by atoms with van der Waals surface area (Å²) < 4.78 is 37.5. The third-order valence-electron chi connectivity index (χ3n) is 5.75. The predicted octanol–water partition coefficient (Wildman–Crippen LogP) is 4.05. The Morgan fingerprint density at radius 1 is 0.906 bits per heavy atom. The summed E-state index contributed by atoms with van der Waals surface area (Å²) >= 11 is 0. The average molecular weight is 445 g/mol. The van der Waals surface area contributed by atoms with Crippen molar-refractivity contribution in [3.8, 4) is 11.1 Å². The van der Waals surface area contributed by atoms with Crippen molar-refractivity contribution in [3.63, 3.8) is 0 Å². The molecule has 2 aliphatic rings. The molecule has 0 N–H and O–H groups in total. The lowest BCUT2D eigenvalue weighted by atomic mass is 9.99. The third-order valence-corrected chi connectivity index (χ3v) is 5.75. The van der Waals surface area contributed by atoms with Crippen molar-refractivity contribution in [2.45, 2.75) is 32.6 Å². The fourth-order valence-electron chi connectivity index (χ4n) is 4.05. The average Bonchev–Trinajstić information content (AvgIpc) is 3.21. The number of halogens is 3. The van der Waals surface area contributed by atoms with Crippen LogP contribution in [-0.4, -0.2) is 58.4 Å². The van der Waals surface area contributed by atoms with Crippen molar-refractivity contribution in [2.24, 2.45) is 0 Å². The van der Waals surface area contributed by atoms with Crippen LogP contribution in [0.2, 0.25) is 0 Å². The molecule has 0 aliphatic carbocycles. The molecule has 0 saturated carbocycles. The second kappa shape index (κ2) is 8.29. The summed E-state index contributed by atoms with van der Waals surface area (Å²) in [5.41, 5.74) is 3.76. The topological polar surface area (TPSA) is 60.9 Å². The van der Waals surface area contributed by atoms with Crippen LogP contribution in [0.1, 0.15) is 34.8 Å². The molecule has 168 valence electrons. The zero-order valence-corrected chi connectivity index (χ0v) is 17.5. The van der Waals surface area contributed by atoms with Crippen LogP contribution in [0.15, 0.2) is 42.5 Å². The molecule has 2 aromatic carbocycles. The Bertz CT molecular complexity index is 1070. The lowest BCUT2D eigenvalue weighted by Gasteiger charge is -2.16. The Labute approximate surface area is 183 Å². The van der Waals surface area contributed by atoms with E-state index in [9.17, 15) is 27.6 Å². The molecule has 4 amide bonds. The van der Waals surface area contributed by atoms with Crippen LogP contribution in [0.4, 0.5) is 18.0 Å². The van der Waals surface area contributed by atoms with Crippen LogP contribution in [-0.2, 0) is 17.9 Å². The van der Waals surface area contributed by atoms with Gasteiger partial charge in [-0.1, -0.05) is 30.3 Å². The summed E-state index contributed by atoms with van der Waals surface area (Å²) in [5.74, 6) is -0.580. The van der Waals surface area contributed by atoms with Gasteiger partial charge in [-0.2, -0.15) is 13.2 Å². The Kier molecular flexibility index (Phi) is 5.66. The van der Waals surface area contributed by atoms with E-state index in [0.29, 0.717) is 24.2 Å².